The van der Waals surface area contributed by atoms with E-state index in [1.807, 2.05) is 0 Å². The van der Waals surface area contributed by atoms with Gasteiger partial charge in [-0.05, 0) is 51.8 Å². The van der Waals surface area contributed by atoms with E-state index in [9.17, 15) is 14.0 Å². The molecule has 3 rings (SSSR count). The van der Waals surface area contributed by atoms with Crippen LogP contribution in [0.25, 0.3) is 11.0 Å². The van der Waals surface area contributed by atoms with Crippen LogP contribution in [0.15, 0.2) is 60.6 Å². The third-order valence-electron chi connectivity index (χ3n) is 3.36. The van der Waals surface area contributed by atoms with E-state index in [-0.39, 0.29) is 17.9 Å². The number of carbonyl (C=O) groups excluding carboxylic acids is 1. The summed E-state index contributed by atoms with van der Waals surface area (Å²) < 4.78 is 19.5. The molecule has 4 nitrogen and oxygen atoms in total. The largest absolute Gasteiger partial charge is 0.421 e. The van der Waals surface area contributed by atoms with Crippen LogP contribution in [0.4, 0.5) is 4.39 Å². The second-order valence-corrected chi connectivity index (χ2v) is 6.83. The highest BCUT2D eigenvalue weighted by molar-refractivity contribution is 9.11. The van der Waals surface area contributed by atoms with E-state index in [4.69, 9.17) is 4.42 Å². The lowest BCUT2D eigenvalue weighted by Crippen LogP contribution is -2.27. The SMILES string of the molecule is O=C(NCc1ccc(F)cc1)c1cc2cc(Br)cc(Br)c2oc1=O. The lowest BCUT2D eigenvalue weighted by molar-refractivity contribution is 0.0947. The van der Waals surface area contributed by atoms with Gasteiger partial charge in [-0.25, -0.2) is 9.18 Å². The van der Waals surface area contributed by atoms with Gasteiger partial charge in [-0.2, -0.15) is 0 Å². The van der Waals surface area contributed by atoms with Crippen molar-refractivity contribution in [1.29, 1.82) is 0 Å². The number of fused-ring (bicyclic) bond motifs is 1. The zero-order valence-electron chi connectivity index (χ0n) is 12.1. The zero-order chi connectivity index (χ0) is 17.3. The van der Waals surface area contributed by atoms with Crippen molar-refractivity contribution < 1.29 is 13.6 Å². The van der Waals surface area contributed by atoms with E-state index in [0.717, 1.165) is 10.0 Å². The molecule has 24 heavy (non-hydrogen) atoms. The normalized spacial score (nSPS) is 10.8. The van der Waals surface area contributed by atoms with Crippen LogP contribution in [0, 0.1) is 5.82 Å². The smallest absolute Gasteiger partial charge is 0.349 e. The van der Waals surface area contributed by atoms with Crippen molar-refractivity contribution in [3.05, 3.63) is 78.8 Å². The molecule has 0 bridgehead atoms. The lowest BCUT2D eigenvalue weighted by Gasteiger charge is -2.06. The molecular formula is C17H10Br2FNO3. The van der Waals surface area contributed by atoms with E-state index in [1.54, 1.807) is 24.3 Å². The highest BCUT2D eigenvalue weighted by Crippen LogP contribution is 2.27. The van der Waals surface area contributed by atoms with Crippen LogP contribution in [-0.4, -0.2) is 5.91 Å². The summed E-state index contributed by atoms with van der Waals surface area (Å²) in [6, 6.07) is 10.7. The van der Waals surface area contributed by atoms with E-state index in [1.165, 1.54) is 18.2 Å². The van der Waals surface area contributed by atoms with Crippen molar-refractivity contribution in [2.75, 3.05) is 0 Å². The average molecular weight is 455 g/mol. The van der Waals surface area contributed by atoms with Gasteiger partial charge in [0.25, 0.3) is 5.91 Å². The Balaban J connectivity index is 1.88. The summed E-state index contributed by atoms with van der Waals surface area (Å²) in [5.74, 6) is -0.900. The number of hydrogen-bond acceptors (Lipinski definition) is 3. The Morgan fingerprint density at radius 2 is 1.83 bits per heavy atom. The quantitative estimate of drug-likeness (QED) is 0.597. The van der Waals surface area contributed by atoms with E-state index >= 15 is 0 Å². The molecule has 0 aliphatic heterocycles. The number of halogens is 3. The van der Waals surface area contributed by atoms with Gasteiger partial charge >= 0.3 is 5.63 Å². The first-order chi connectivity index (χ1) is 11.4. The van der Waals surface area contributed by atoms with Gasteiger partial charge in [-0.1, -0.05) is 28.1 Å². The predicted octanol–water partition coefficient (Wildman–Crippen LogP) is 4.39. The highest BCUT2D eigenvalue weighted by atomic mass is 79.9. The minimum atomic E-state index is -0.720. The molecule has 0 spiro atoms. The van der Waals surface area contributed by atoms with Crippen molar-refractivity contribution in [1.82, 2.24) is 5.32 Å². The Bertz CT molecular complexity index is 984. The molecular weight excluding hydrogens is 445 g/mol. The molecule has 1 heterocycles. The van der Waals surface area contributed by atoms with Gasteiger partial charge in [0.15, 0.2) is 5.58 Å². The van der Waals surface area contributed by atoms with Crippen molar-refractivity contribution >= 4 is 48.7 Å². The molecule has 7 heteroatoms. The Morgan fingerprint density at radius 3 is 2.54 bits per heavy atom. The van der Waals surface area contributed by atoms with Crippen LogP contribution in [0.5, 0.6) is 0 Å². The van der Waals surface area contributed by atoms with Crippen molar-refractivity contribution in [3.8, 4) is 0 Å². The average Bonchev–Trinajstić information content (AvgIpc) is 2.54. The van der Waals surface area contributed by atoms with Crippen LogP contribution < -0.4 is 10.9 Å². The number of hydrogen-bond donors (Lipinski definition) is 1. The van der Waals surface area contributed by atoms with E-state index in [0.29, 0.717) is 15.4 Å². The zero-order valence-corrected chi connectivity index (χ0v) is 15.3. The molecule has 0 saturated carbocycles. The van der Waals surface area contributed by atoms with Crippen molar-refractivity contribution in [2.45, 2.75) is 6.54 Å². The molecule has 0 atom stereocenters. The molecule has 1 N–H and O–H groups in total. The first-order valence-corrected chi connectivity index (χ1v) is 8.48. The molecule has 0 saturated heterocycles. The minimum Gasteiger partial charge on any atom is -0.421 e. The third-order valence-corrected chi connectivity index (χ3v) is 4.41. The van der Waals surface area contributed by atoms with Gasteiger partial charge < -0.3 is 9.73 Å². The Morgan fingerprint density at radius 1 is 1.12 bits per heavy atom. The fourth-order valence-corrected chi connectivity index (χ4v) is 3.53. The second kappa shape index (κ2) is 6.86. The first kappa shape index (κ1) is 16.9. The van der Waals surface area contributed by atoms with Crippen molar-refractivity contribution in [3.63, 3.8) is 0 Å². The molecule has 0 unspecified atom stereocenters. The van der Waals surface area contributed by atoms with Crippen LogP contribution in [0.1, 0.15) is 15.9 Å². The molecule has 0 aliphatic rings. The molecule has 0 aliphatic carbocycles. The monoisotopic (exact) mass is 453 g/mol. The summed E-state index contributed by atoms with van der Waals surface area (Å²) in [6.07, 6.45) is 0. The minimum absolute atomic E-state index is 0.0883. The number of benzene rings is 2. The van der Waals surface area contributed by atoms with Gasteiger partial charge in [-0.15, -0.1) is 0 Å². The summed E-state index contributed by atoms with van der Waals surface area (Å²) in [7, 11) is 0. The molecule has 2 aromatic carbocycles. The number of nitrogens with one attached hydrogen (secondary N) is 1. The highest BCUT2D eigenvalue weighted by Gasteiger charge is 2.15. The fraction of sp³-hybridized carbons (Fsp3) is 0.0588. The molecule has 122 valence electrons. The predicted molar refractivity (Wildman–Crippen MR) is 95.5 cm³/mol. The maximum atomic E-state index is 12.9. The molecule has 1 aromatic heterocycles. The molecule has 0 fully saturated rings. The Labute approximate surface area is 152 Å². The number of amides is 1. The summed E-state index contributed by atoms with van der Waals surface area (Å²) in [5.41, 5.74) is 0.287. The summed E-state index contributed by atoms with van der Waals surface area (Å²) in [5, 5.41) is 3.24. The second-order valence-electron chi connectivity index (χ2n) is 5.06. The Hall–Kier alpha value is -1.99. The molecule has 0 radical (unpaired) electrons. The van der Waals surface area contributed by atoms with Crippen molar-refractivity contribution in [2.24, 2.45) is 0 Å². The standard InChI is InChI=1S/C17H10Br2FNO3/c18-11-5-10-6-13(17(23)24-15(10)14(19)7-11)16(22)21-8-9-1-3-12(20)4-2-9/h1-7H,8H2,(H,21,22). The van der Waals surface area contributed by atoms with E-state index in [2.05, 4.69) is 37.2 Å². The van der Waals surface area contributed by atoms with Crippen LogP contribution in [0.2, 0.25) is 0 Å². The van der Waals surface area contributed by atoms with Crippen LogP contribution in [0.3, 0.4) is 0 Å². The summed E-state index contributed by atoms with van der Waals surface area (Å²) >= 11 is 6.67. The van der Waals surface area contributed by atoms with Gasteiger partial charge in [0, 0.05) is 16.4 Å². The number of rotatable bonds is 3. The van der Waals surface area contributed by atoms with Gasteiger partial charge in [0.05, 0.1) is 4.47 Å². The topological polar surface area (TPSA) is 59.3 Å². The van der Waals surface area contributed by atoms with Gasteiger partial charge in [0.2, 0.25) is 0 Å². The van der Waals surface area contributed by atoms with Crippen LogP contribution >= 0.6 is 31.9 Å². The van der Waals surface area contributed by atoms with Crippen LogP contribution in [-0.2, 0) is 6.54 Å². The Kier molecular flexibility index (Phi) is 4.82. The van der Waals surface area contributed by atoms with Gasteiger partial charge in [0.1, 0.15) is 11.4 Å². The summed E-state index contributed by atoms with van der Waals surface area (Å²) in [4.78, 5) is 24.3. The molecule has 3 aromatic rings. The van der Waals surface area contributed by atoms with Gasteiger partial charge in [-0.3, -0.25) is 4.79 Å². The maximum absolute atomic E-state index is 12.9. The first-order valence-electron chi connectivity index (χ1n) is 6.89. The number of carbonyl (C=O) groups is 1. The third kappa shape index (κ3) is 3.57. The fourth-order valence-electron chi connectivity index (χ4n) is 2.20. The lowest BCUT2D eigenvalue weighted by atomic mass is 10.1. The maximum Gasteiger partial charge on any atom is 0.349 e. The van der Waals surface area contributed by atoms with E-state index < -0.39 is 11.5 Å². The molecule has 1 amide bonds. The summed E-state index contributed by atoms with van der Waals surface area (Å²) in [6.45, 7) is 0.179.